The predicted octanol–water partition coefficient (Wildman–Crippen LogP) is 4.10. The summed E-state index contributed by atoms with van der Waals surface area (Å²) in [5, 5.41) is 0. The highest BCUT2D eigenvalue weighted by Crippen LogP contribution is 2.21. The van der Waals surface area contributed by atoms with E-state index in [0.717, 1.165) is 29.8 Å². The summed E-state index contributed by atoms with van der Waals surface area (Å²) in [7, 11) is 0. The summed E-state index contributed by atoms with van der Waals surface area (Å²) in [6, 6.07) is 13.0. The smallest absolute Gasteiger partial charge is 0.356 e. The minimum Gasteiger partial charge on any atom is -0.494 e. The fourth-order valence-corrected chi connectivity index (χ4v) is 1.98. The largest absolute Gasteiger partial charge is 0.494 e. The molecule has 4 heteroatoms. The summed E-state index contributed by atoms with van der Waals surface area (Å²) >= 11 is 0. The number of ether oxygens (including phenoxy) is 2. The molecule has 0 atom stereocenters. The van der Waals surface area contributed by atoms with E-state index >= 15 is 0 Å². The van der Waals surface area contributed by atoms with Crippen LogP contribution in [0.2, 0.25) is 0 Å². The molecule has 116 valence electrons. The van der Waals surface area contributed by atoms with Gasteiger partial charge in [0, 0.05) is 5.56 Å². The molecule has 0 saturated heterocycles. The lowest BCUT2D eigenvalue weighted by Crippen LogP contribution is -2.08. The van der Waals surface area contributed by atoms with E-state index in [1.165, 1.54) is 0 Å². The molecular weight excluding hydrogens is 278 g/mol. The zero-order chi connectivity index (χ0) is 15.8. The average molecular weight is 299 g/mol. The molecule has 0 bridgehead atoms. The van der Waals surface area contributed by atoms with Gasteiger partial charge in [-0.15, -0.1) is 0 Å². The number of nitrogens with zero attached hydrogens (tertiary/aromatic N) is 1. The lowest BCUT2D eigenvalue weighted by Gasteiger charge is -2.07. The summed E-state index contributed by atoms with van der Waals surface area (Å²) in [4.78, 5) is 16.3. The Labute approximate surface area is 131 Å². The predicted molar refractivity (Wildman–Crippen MR) is 86.0 cm³/mol. The van der Waals surface area contributed by atoms with Gasteiger partial charge in [-0.05, 0) is 49.7 Å². The summed E-state index contributed by atoms with van der Waals surface area (Å²) in [6.45, 7) is 5.07. The zero-order valence-corrected chi connectivity index (χ0v) is 13.0. The van der Waals surface area contributed by atoms with E-state index in [0.29, 0.717) is 18.9 Å². The molecule has 0 aliphatic rings. The summed E-state index contributed by atoms with van der Waals surface area (Å²) in [5.41, 5.74) is 2.02. The molecule has 1 heterocycles. The van der Waals surface area contributed by atoms with Crippen molar-refractivity contribution in [3.05, 3.63) is 48.2 Å². The standard InChI is InChI=1S/C18H21NO3/c1-3-5-13-22-18(20)17-8-6-7-16(19-17)14-9-11-15(12-10-14)21-4-2/h6-12H,3-5,13H2,1-2H3. The lowest BCUT2D eigenvalue weighted by atomic mass is 10.1. The van der Waals surface area contributed by atoms with Crippen LogP contribution in [0.1, 0.15) is 37.2 Å². The van der Waals surface area contributed by atoms with Crippen molar-refractivity contribution in [2.45, 2.75) is 26.7 Å². The Morgan fingerprint density at radius 1 is 1.09 bits per heavy atom. The van der Waals surface area contributed by atoms with E-state index in [9.17, 15) is 4.79 Å². The van der Waals surface area contributed by atoms with Gasteiger partial charge >= 0.3 is 5.97 Å². The van der Waals surface area contributed by atoms with E-state index in [-0.39, 0.29) is 5.97 Å². The Bertz CT molecular complexity index is 608. The molecule has 1 aromatic carbocycles. The number of rotatable bonds is 7. The summed E-state index contributed by atoms with van der Waals surface area (Å²) in [6.07, 6.45) is 1.86. The number of carbonyl (C=O) groups excluding carboxylic acids is 1. The number of carbonyl (C=O) groups is 1. The van der Waals surface area contributed by atoms with Crippen molar-refractivity contribution in [1.82, 2.24) is 4.98 Å². The molecule has 0 saturated carbocycles. The van der Waals surface area contributed by atoms with Gasteiger partial charge in [-0.2, -0.15) is 0 Å². The summed E-state index contributed by atoms with van der Waals surface area (Å²) in [5.74, 6) is 0.447. The van der Waals surface area contributed by atoms with Gasteiger partial charge in [-0.1, -0.05) is 19.4 Å². The van der Waals surface area contributed by atoms with Crippen LogP contribution in [0.5, 0.6) is 5.75 Å². The quantitative estimate of drug-likeness (QED) is 0.570. The average Bonchev–Trinajstić information content (AvgIpc) is 2.56. The van der Waals surface area contributed by atoms with Crippen LogP contribution >= 0.6 is 0 Å². The van der Waals surface area contributed by atoms with Crippen LogP contribution in [0.25, 0.3) is 11.3 Å². The van der Waals surface area contributed by atoms with Crippen molar-refractivity contribution >= 4 is 5.97 Å². The molecule has 2 aromatic rings. The first-order valence-corrected chi connectivity index (χ1v) is 7.62. The molecule has 4 nitrogen and oxygen atoms in total. The molecule has 0 radical (unpaired) electrons. The van der Waals surface area contributed by atoms with Gasteiger partial charge < -0.3 is 9.47 Å². The monoisotopic (exact) mass is 299 g/mol. The molecule has 0 unspecified atom stereocenters. The third-order valence-corrected chi connectivity index (χ3v) is 3.15. The molecule has 0 aliphatic carbocycles. The molecule has 2 rings (SSSR count). The van der Waals surface area contributed by atoms with Gasteiger partial charge in [-0.25, -0.2) is 9.78 Å². The van der Waals surface area contributed by atoms with Gasteiger partial charge in [0.05, 0.1) is 18.9 Å². The summed E-state index contributed by atoms with van der Waals surface area (Å²) < 4.78 is 10.6. The molecule has 0 spiro atoms. The van der Waals surface area contributed by atoms with Gasteiger partial charge in [0.1, 0.15) is 11.4 Å². The molecule has 22 heavy (non-hydrogen) atoms. The number of unbranched alkanes of at least 4 members (excludes halogenated alkanes) is 1. The second-order valence-electron chi connectivity index (χ2n) is 4.85. The number of hydrogen-bond donors (Lipinski definition) is 0. The fraction of sp³-hybridized carbons (Fsp3) is 0.333. The van der Waals surface area contributed by atoms with E-state index in [1.54, 1.807) is 6.07 Å². The SMILES string of the molecule is CCCCOC(=O)c1cccc(-c2ccc(OCC)cc2)n1. The Morgan fingerprint density at radius 3 is 2.55 bits per heavy atom. The van der Waals surface area contributed by atoms with Crippen LogP contribution in [0.3, 0.4) is 0 Å². The van der Waals surface area contributed by atoms with Crippen molar-refractivity contribution in [2.75, 3.05) is 13.2 Å². The lowest BCUT2D eigenvalue weighted by molar-refractivity contribution is 0.0493. The maximum absolute atomic E-state index is 11.9. The second kappa shape index (κ2) is 8.17. The van der Waals surface area contributed by atoms with Gasteiger partial charge in [0.15, 0.2) is 0 Å². The third-order valence-electron chi connectivity index (χ3n) is 3.15. The van der Waals surface area contributed by atoms with Crippen LogP contribution in [0, 0.1) is 0 Å². The van der Waals surface area contributed by atoms with Gasteiger partial charge in [0.2, 0.25) is 0 Å². The van der Waals surface area contributed by atoms with Gasteiger partial charge in [0.25, 0.3) is 0 Å². The number of benzene rings is 1. The van der Waals surface area contributed by atoms with Crippen molar-refractivity contribution in [3.63, 3.8) is 0 Å². The van der Waals surface area contributed by atoms with Crippen molar-refractivity contribution in [3.8, 4) is 17.0 Å². The van der Waals surface area contributed by atoms with Crippen molar-refractivity contribution in [2.24, 2.45) is 0 Å². The molecule has 0 amide bonds. The molecule has 0 fully saturated rings. The first-order chi connectivity index (χ1) is 10.7. The van der Waals surface area contributed by atoms with E-state index < -0.39 is 0 Å². The minimum atomic E-state index is -0.374. The highest BCUT2D eigenvalue weighted by atomic mass is 16.5. The van der Waals surface area contributed by atoms with E-state index in [4.69, 9.17) is 9.47 Å². The Kier molecular flexibility index (Phi) is 5.95. The molecule has 1 aromatic heterocycles. The van der Waals surface area contributed by atoms with Crippen LogP contribution in [-0.4, -0.2) is 24.2 Å². The van der Waals surface area contributed by atoms with Gasteiger partial charge in [-0.3, -0.25) is 0 Å². The maximum Gasteiger partial charge on any atom is 0.356 e. The molecule has 0 N–H and O–H groups in total. The Morgan fingerprint density at radius 2 is 1.86 bits per heavy atom. The fourth-order valence-electron chi connectivity index (χ4n) is 1.98. The number of pyridine rings is 1. The topological polar surface area (TPSA) is 48.4 Å². The highest BCUT2D eigenvalue weighted by Gasteiger charge is 2.10. The zero-order valence-electron chi connectivity index (χ0n) is 13.0. The third kappa shape index (κ3) is 4.32. The minimum absolute atomic E-state index is 0.336. The van der Waals surface area contributed by atoms with Crippen LogP contribution in [0.4, 0.5) is 0 Å². The Hall–Kier alpha value is -2.36. The first kappa shape index (κ1) is 16.0. The van der Waals surface area contributed by atoms with E-state index in [1.807, 2.05) is 43.3 Å². The maximum atomic E-state index is 11.9. The highest BCUT2D eigenvalue weighted by molar-refractivity contribution is 5.87. The first-order valence-electron chi connectivity index (χ1n) is 7.62. The molecular formula is C18H21NO3. The second-order valence-corrected chi connectivity index (χ2v) is 4.85. The number of hydrogen-bond acceptors (Lipinski definition) is 4. The Balaban J connectivity index is 2.12. The van der Waals surface area contributed by atoms with Crippen LogP contribution in [0.15, 0.2) is 42.5 Å². The van der Waals surface area contributed by atoms with Crippen LogP contribution < -0.4 is 4.74 Å². The number of esters is 1. The molecule has 0 aliphatic heterocycles. The normalized spacial score (nSPS) is 10.3. The van der Waals surface area contributed by atoms with Crippen molar-refractivity contribution < 1.29 is 14.3 Å². The number of aromatic nitrogens is 1. The van der Waals surface area contributed by atoms with Crippen molar-refractivity contribution in [1.29, 1.82) is 0 Å². The van der Waals surface area contributed by atoms with Crippen LogP contribution in [-0.2, 0) is 4.74 Å². The van der Waals surface area contributed by atoms with E-state index in [2.05, 4.69) is 11.9 Å².